The van der Waals surface area contributed by atoms with Gasteiger partial charge in [0.2, 0.25) is 0 Å². The summed E-state index contributed by atoms with van der Waals surface area (Å²) in [6.45, 7) is 4.94. The summed E-state index contributed by atoms with van der Waals surface area (Å²) in [5, 5.41) is 0.877. The van der Waals surface area contributed by atoms with Crippen molar-refractivity contribution in [2.45, 2.75) is 31.3 Å². The van der Waals surface area contributed by atoms with Crippen molar-refractivity contribution >= 4 is 22.8 Å². The summed E-state index contributed by atoms with van der Waals surface area (Å²) in [5.74, 6) is 0.361. The molecule has 0 radical (unpaired) electrons. The van der Waals surface area contributed by atoms with Gasteiger partial charge < -0.3 is 4.57 Å². The number of hydrogen-bond donors (Lipinski definition) is 0. The van der Waals surface area contributed by atoms with E-state index in [1.807, 2.05) is 24.4 Å². The molecule has 0 N–H and O–H groups in total. The molecule has 136 valence electrons. The van der Waals surface area contributed by atoms with Gasteiger partial charge in [0, 0.05) is 11.9 Å². The van der Waals surface area contributed by atoms with Crippen LogP contribution in [0.4, 0.5) is 4.39 Å². The van der Waals surface area contributed by atoms with Crippen LogP contribution in [-0.2, 0) is 12.3 Å². The Labute approximate surface area is 162 Å². The minimum Gasteiger partial charge on any atom is -0.313 e. The molecule has 0 amide bonds. The number of hydrogen-bond acceptors (Lipinski definition) is 3. The van der Waals surface area contributed by atoms with Crippen LogP contribution in [0.3, 0.4) is 0 Å². The number of nitrogens with zero attached hydrogens (tertiary/aromatic N) is 3. The average molecular weight is 377 g/mol. The lowest BCUT2D eigenvalue weighted by molar-refractivity contribution is 0.617. The van der Waals surface area contributed by atoms with Crippen LogP contribution in [0, 0.1) is 19.7 Å². The maximum atomic E-state index is 14.0. The summed E-state index contributed by atoms with van der Waals surface area (Å²) in [6, 6.07) is 15.3. The first-order valence-electron chi connectivity index (χ1n) is 8.84. The molecule has 4 rings (SSSR count). The van der Waals surface area contributed by atoms with Crippen molar-refractivity contribution in [3.05, 3.63) is 89.0 Å². The lowest BCUT2D eigenvalue weighted by atomic mass is 10.1. The molecule has 0 unspecified atom stereocenters. The Morgan fingerprint density at radius 1 is 1.04 bits per heavy atom. The molecule has 2 aromatic heterocycles. The third kappa shape index (κ3) is 3.74. The second-order valence-electron chi connectivity index (χ2n) is 6.65. The fraction of sp³-hybridized carbons (Fsp3) is 0.182. The minimum atomic E-state index is -0.177. The second-order valence-corrected chi connectivity index (χ2v) is 7.60. The summed E-state index contributed by atoms with van der Waals surface area (Å²) in [5.41, 5.74) is 6.33. The third-order valence-electron chi connectivity index (χ3n) is 4.66. The van der Waals surface area contributed by atoms with Gasteiger partial charge in [0.05, 0.1) is 23.8 Å². The Bertz CT molecular complexity index is 1100. The average Bonchev–Trinajstić information content (AvgIpc) is 3.02. The van der Waals surface area contributed by atoms with E-state index < -0.39 is 0 Å². The van der Waals surface area contributed by atoms with E-state index in [0.29, 0.717) is 11.3 Å². The first-order chi connectivity index (χ1) is 13.1. The normalized spacial score (nSPS) is 11.2. The number of aryl methyl sites for hydroxylation is 2. The first kappa shape index (κ1) is 17.7. The predicted molar refractivity (Wildman–Crippen MR) is 109 cm³/mol. The van der Waals surface area contributed by atoms with Crippen molar-refractivity contribution < 1.29 is 4.39 Å². The smallest absolute Gasteiger partial charge is 0.169 e. The second kappa shape index (κ2) is 7.53. The molecular weight excluding hydrogens is 357 g/mol. The highest BCUT2D eigenvalue weighted by Gasteiger charge is 2.14. The summed E-state index contributed by atoms with van der Waals surface area (Å²) in [4.78, 5) is 9.04. The highest BCUT2D eigenvalue weighted by molar-refractivity contribution is 7.98. The molecule has 3 nitrogen and oxygen atoms in total. The van der Waals surface area contributed by atoms with Crippen molar-refractivity contribution in [2.75, 3.05) is 0 Å². The van der Waals surface area contributed by atoms with Gasteiger partial charge in [-0.2, -0.15) is 0 Å². The molecule has 2 heterocycles. The van der Waals surface area contributed by atoms with Gasteiger partial charge >= 0.3 is 0 Å². The van der Waals surface area contributed by atoms with Crippen molar-refractivity contribution in [1.29, 1.82) is 0 Å². The zero-order valence-electron chi connectivity index (χ0n) is 15.3. The molecule has 0 bridgehead atoms. The maximum absolute atomic E-state index is 14.0. The van der Waals surface area contributed by atoms with Crippen molar-refractivity contribution in [3.8, 4) is 0 Å². The topological polar surface area (TPSA) is 30.7 Å². The zero-order valence-corrected chi connectivity index (χ0v) is 16.1. The van der Waals surface area contributed by atoms with Gasteiger partial charge in [-0.15, -0.1) is 0 Å². The van der Waals surface area contributed by atoms with Gasteiger partial charge in [-0.1, -0.05) is 53.7 Å². The monoisotopic (exact) mass is 377 g/mol. The molecule has 0 spiro atoms. The molecule has 0 aliphatic carbocycles. The molecule has 0 atom stereocenters. The maximum Gasteiger partial charge on any atom is 0.169 e. The Hall–Kier alpha value is -2.66. The van der Waals surface area contributed by atoms with Gasteiger partial charge in [0.1, 0.15) is 5.82 Å². The van der Waals surface area contributed by atoms with Crippen LogP contribution in [-0.4, -0.2) is 14.5 Å². The Kier molecular flexibility index (Phi) is 4.94. The molecule has 5 heteroatoms. The molecular formula is C22H20FN3S. The van der Waals surface area contributed by atoms with Crippen LogP contribution in [0.25, 0.3) is 11.0 Å². The molecule has 2 aromatic carbocycles. The number of aromatic nitrogens is 3. The number of fused-ring (bicyclic) bond motifs is 1. The molecule has 0 fully saturated rings. The van der Waals surface area contributed by atoms with E-state index in [1.165, 1.54) is 22.8 Å². The van der Waals surface area contributed by atoms with E-state index in [-0.39, 0.29) is 5.82 Å². The highest BCUT2D eigenvalue weighted by atomic mass is 32.2. The van der Waals surface area contributed by atoms with Crippen LogP contribution in [0.15, 0.2) is 66.1 Å². The van der Waals surface area contributed by atoms with E-state index >= 15 is 0 Å². The largest absolute Gasteiger partial charge is 0.313 e. The molecule has 0 saturated carbocycles. The van der Waals surface area contributed by atoms with Crippen LogP contribution in [0.2, 0.25) is 0 Å². The number of thioether (sulfide) groups is 1. The van der Waals surface area contributed by atoms with Gasteiger partial charge in [-0.05, 0) is 42.7 Å². The van der Waals surface area contributed by atoms with E-state index in [4.69, 9.17) is 4.98 Å². The molecule has 27 heavy (non-hydrogen) atoms. The molecule has 0 aliphatic rings. The van der Waals surface area contributed by atoms with E-state index in [9.17, 15) is 4.39 Å². The first-order valence-corrected chi connectivity index (χ1v) is 9.83. The minimum absolute atomic E-state index is 0.177. The summed E-state index contributed by atoms with van der Waals surface area (Å²) in [7, 11) is 0. The number of halogens is 1. The quantitative estimate of drug-likeness (QED) is 0.429. The van der Waals surface area contributed by atoms with Gasteiger partial charge in [-0.25, -0.2) is 9.37 Å². The SMILES string of the molecule is Cc1ccc(C)c(Cn2c(SCc3ccccc3F)nc3ccncc32)c1. The number of benzene rings is 2. The Morgan fingerprint density at radius 3 is 2.74 bits per heavy atom. The molecule has 4 aromatic rings. The summed E-state index contributed by atoms with van der Waals surface area (Å²) < 4.78 is 16.2. The van der Waals surface area contributed by atoms with Crippen LogP contribution in [0.1, 0.15) is 22.3 Å². The lowest BCUT2D eigenvalue weighted by Gasteiger charge is -2.12. The Balaban J connectivity index is 1.71. The number of imidazole rings is 1. The van der Waals surface area contributed by atoms with Gasteiger partial charge in [-0.3, -0.25) is 4.98 Å². The zero-order chi connectivity index (χ0) is 18.8. The molecule has 0 saturated heterocycles. The van der Waals surface area contributed by atoms with E-state index in [2.05, 4.69) is 41.6 Å². The van der Waals surface area contributed by atoms with Crippen molar-refractivity contribution in [1.82, 2.24) is 14.5 Å². The Morgan fingerprint density at radius 2 is 1.89 bits per heavy atom. The van der Waals surface area contributed by atoms with Crippen molar-refractivity contribution in [2.24, 2.45) is 0 Å². The lowest BCUT2D eigenvalue weighted by Crippen LogP contribution is -2.04. The van der Waals surface area contributed by atoms with Gasteiger partial charge in [0.25, 0.3) is 0 Å². The third-order valence-corrected chi connectivity index (χ3v) is 5.69. The highest BCUT2D eigenvalue weighted by Crippen LogP contribution is 2.28. The summed E-state index contributed by atoms with van der Waals surface area (Å²) >= 11 is 1.55. The number of rotatable bonds is 5. The fourth-order valence-corrected chi connectivity index (χ4v) is 4.11. The number of pyridine rings is 1. The summed E-state index contributed by atoms with van der Waals surface area (Å²) in [6.07, 6.45) is 3.60. The predicted octanol–water partition coefficient (Wildman–Crippen LogP) is 5.53. The van der Waals surface area contributed by atoms with Crippen LogP contribution < -0.4 is 0 Å². The van der Waals surface area contributed by atoms with E-state index in [0.717, 1.165) is 22.7 Å². The van der Waals surface area contributed by atoms with Crippen LogP contribution >= 0.6 is 11.8 Å². The van der Waals surface area contributed by atoms with Crippen molar-refractivity contribution in [3.63, 3.8) is 0 Å². The van der Waals surface area contributed by atoms with Crippen LogP contribution in [0.5, 0.6) is 0 Å². The van der Waals surface area contributed by atoms with Gasteiger partial charge in [0.15, 0.2) is 5.16 Å². The fourth-order valence-electron chi connectivity index (χ4n) is 3.11. The standard InChI is InChI=1S/C22H20FN3S/c1-15-7-8-16(2)18(11-15)13-26-21-12-24-10-9-20(21)25-22(26)27-14-17-5-3-4-6-19(17)23/h3-12H,13-14H2,1-2H3. The van der Waals surface area contributed by atoms with E-state index in [1.54, 1.807) is 24.0 Å². The molecule has 0 aliphatic heterocycles.